The molecule has 9 heteroatoms. The Hall–Kier alpha value is -3.56. The second-order valence-electron chi connectivity index (χ2n) is 7.33. The molecule has 3 N–H and O–H groups in total. The molecule has 0 saturated carbocycles. The molecule has 3 aromatic carbocycles. The fourth-order valence-corrected chi connectivity index (χ4v) is 4.29. The Morgan fingerprint density at radius 3 is 2.12 bits per heavy atom. The minimum Gasteiger partial charge on any atom is -0.332 e. The number of hydrogen-bond donors (Lipinski definition) is 3. The summed E-state index contributed by atoms with van der Waals surface area (Å²) in [6.07, 6.45) is 2.80. The van der Waals surface area contributed by atoms with E-state index in [-0.39, 0.29) is 15.8 Å². The third-order valence-electron chi connectivity index (χ3n) is 4.43. The van der Waals surface area contributed by atoms with E-state index in [1.807, 2.05) is 19.9 Å². The van der Waals surface area contributed by atoms with Crippen molar-refractivity contribution in [1.29, 1.82) is 0 Å². The Morgan fingerprint density at radius 2 is 1.52 bits per heavy atom. The molecule has 0 spiro atoms. The van der Waals surface area contributed by atoms with Crippen LogP contribution in [0.15, 0.2) is 77.7 Å². The highest BCUT2D eigenvalue weighted by Gasteiger charge is 2.14. The van der Waals surface area contributed by atoms with E-state index in [2.05, 4.69) is 15.4 Å². The molecule has 0 aliphatic heterocycles. The lowest BCUT2D eigenvalue weighted by Gasteiger charge is -2.11. The summed E-state index contributed by atoms with van der Waals surface area (Å²) in [7, 11) is -3.76. The number of aryl methyl sites for hydroxylation is 2. The van der Waals surface area contributed by atoms with Crippen LogP contribution in [0.4, 0.5) is 15.8 Å². The average Bonchev–Trinajstić information content (AvgIpc) is 2.72. The molecule has 0 heterocycles. The van der Waals surface area contributed by atoms with Gasteiger partial charge in [-0.25, -0.2) is 12.8 Å². The first-order chi connectivity index (χ1) is 15.6. The van der Waals surface area contributed by atoms with Gasteiger partial charge in [0.25, 0.3) is 10.0 Å². The molecular formula is C24H22FN3O3S2. The van der Waals surface area contributed by atoms with Gasteiger partial charge in [0, 0.05) is 17.5 Å². The van der Waals surface area contributed by atoms with Gasteiger partial charge < -0.3 is 5.32 Å². The summed E-state index contributed by atoms with van der Waals surface area (Å²) in [4.78, 5) is 12.1. The topological polar surface area (TPSA) is 87.3 Å². The monoisotopic (exact) mass is 483 g/mol. The molecule has 0 radical (unpaired) electrons. The predicted octanol–water partition coefficient (Wildman–Crippen LogP) is 4.77. The summed E-state index contributed by atoms with van der Waals surface area (Å²) in [6.45, 7) is 3.79. The van der Waals surface area contributed by atoms with Crippen LogP contribution < -0.4 is 15.4 Å². The van der Waals surface area contributed by atoms with E-state index in [1.165, 1.54) is 36.4 Å². The fraction of sp³-hybridized carbons (Fsp3) is 0.0833. The number of thiocarbonyl (C=S) groups is 1. The molecule has 0 aliphatic rings. The lowest BCUT2D eigenvalue weighted by atomic mass is 10.1. The van der Waals surface area contributed by atoms with Gasteiger partial charge in [-0.15, -0.1) is 0 Å². The number of amides is 1. The number of halogens is 1. The smallest absolute Gasteiger partial charge is 0.261 e. The third kappa shape index (κ3) is 7.23. The molecule has 3 rings (SSSR count). The van der Waals surface area contributed by atoms with Crippen LogP contribution in [0.25, 0.3) is 6.08 Å². The Balaban J connectivity index is 1.58. The van der Waals surface area contributed by atoms with Gasteiger partial charge >= 0.3 is 0 Å². The van der Waals surface area contributed by atoms with E-state index in [4.69, 9.17) is 12.2 Å². The van der Waals surface area contributed by atoms with Crippen molar-refractivity contribution in [2.75, 3.05) is 10.0 Å². The molecule has 170 valence electrons. The van der Waals surface area contributed by atoms with Crippen molar-refractivity contribution in [1.82, 2.24) is 5.32 Å². The Morgan fingerprint density at radius 1 is 0.909 bits per heavy atom. The summed E-state index contributed by atoms with van der Waals surface area (Å²) in [5.74, 6) is -0.824. The highest BCUT2D eigenvalue weighted by molar-refractivity contribution is 7.92. The molecule has 3 aromatic rings. The van der Waals surface area contributed by atoms with Gasteiger partial charge in [0.1, 0.15) is 5.82 Å². The van der Waals surface area contributed by atoms with Gasteiger partial charge in [0.05, 0.1) is 4.90 Å². The van der Waals surface area contributed by atoms with Gasteiger partial charge in [0.15, 0.2) is 5.11 Å². The van der Waals surface area contributed by atoms with Crippen molar-refractivity contribution in [3.05, 3.63) is 95.3 Å². The molecule has 0 unspecified atom stereocenters. The molecule has 33 heavy (non-hydrogen) atoms. The second kappa shape index (κ2) is 10.4. The van der Waals surface area contributed by atoms with E-state index >= 15 is 0 Å². The lowest BCUT2D eigenvalue weighted by Crippen LogP contribution is -2.32. The number of rotatable bonds is 6. The zero-order chi connectivity index (χ0) is 24.0. The van der Waals surface area contributed by atoms with E-state index in [1.54, 1.807) is 36.4 Å². The van der Waals surface area contributed by atoms with Crippen molar-refractivity contribution in [3.8, 4) is 0 Å². The maximum absolute atomic E-state index is 12.9. The molecule has 0 fully saturated rings. The third-order valence-corrected chi connectivity index (χ3v) is 6.03. The Labute approximate surface area is 197 Å². The molecular weight excluding hydrogens is 461 g/mol. The van der Waals surface area contributed by atoms with Crippen molar-refractivity contribution in [2.45, 2.75) is 18.7 Å². The number of carbonyl (C=O) groups is 1. The van der Waals surface area contributed by atoms with Crippen LogP contribution in [-0.4, -0.2) is 19.4 Å². The van der Waals surface area contributed by atoms with Crippen LogP contribution in [0.5, 0.6) is 0 Å². The van der Waals surface area contributed by atoms with Crippen LogP contribution in [0.2, 0.25) is 0 Å². The summed E-state index contributed by atoms with van der Waals surface area (Å²) in [6, 6.07) is 17.1. The average molecular weight is 484 g/mol. The first-order valence-electron chi connectivity index (χ1n) is 9.87. The fourth-order valence-electron chi connectivity index (χ4n) is 3.03. The normalized spacial score (nSPS) is 11.2. The van der Waals surface area contributed by atoms with Gasteiger partial charge in [0.2, 0.25) is 5.91 Å². The van der Waals surface area contributed by atoms with E-state index < -0.39 is 15.9 Å². The first kappa shape index (κ1) is 24.1. The molecule has 1 amide bonds. The van der Waals surface area contributed by atoms with Gasteiger partial charge in [-0.2, -0.15) is 0 Å². The number of nitrogens with one attached hydrogen (secondary N) is 3. The zero-order valence-electron chi connectivity index (χ0n) is 17.9. The Bertz CT molecular complexity index is 1280. The number of sulfonamides is 1. The molecule has 0 bridgehead atoms. The van der Waals surface area contributed by atoms with Crippen LogP contribution in [0, 0.1) is 19.7 Å². The second-order valence-corrected chi connectivity index (χ2v) is 9.43. The van der Waals surface area contributed by atoms with Crippen molar-refractivity contribution >= 4 is 50.7 Å². The summed E-state index contributed by atoms with van der Waals surface area (Å²) in [5.41, 5.74) is 3.57. The van der Waals surface area contributed by atoms with Gasteiger partial charge in [-0.1, -0.05) is 18.2 Å². The van der Waals surface area contributed by atoms with Crippen LogP contribution in [0.1, 0.15) is 16.7 Å². The molecule has 0 aromatic heterocycles. The molecule has 0 aliphatic carbocycles. The van der Waals surface area contributed by atoms with E-state index in [9.17, 15) is 17.6 Å². The zero-order valence-corrected chi connectivity index (χ0v) is 19.6. The van der Waals surface area contributed by atoms with Crippen LogP contribution in [0.3, 0.4) is 0 Å². The highest BCUT2D eigenvalue weighted by atomic mass is 32.2. The van der Waals surface area contributed by atoms with Crippen LogP contribution in [-0.2, 0) is 14.8 Å². The summed E-state index contributed by atoms with van der Waals surface area (Å²) >= 11 is 5.12. The van der Waals surface area contributed by atoms with Crippen LogP contribution >= 0.6 is 12.2 Å². The molecule has 0 saturated heterocycles. The minimum absolute atomic E-state index is 0.0488. The minimum atomic E-state index is -3.76. The largest absolute Gasteiger partial charge is 0.332 e. The Kier molecular flexibility index (Phi) is 7.57. The van der Waals surface area contributed by atoms with Crippen molar-refractivity contribution in [2.24, 2.45) is 0 Å². The quantitative estimate of drug-likeness (QED) is 0.347. The van der Waals surface area contributed by atoms with Gasteiger partial charge in [-0.3, -0.25) is 14.8 Å². The van der Waals surface area contributed by atoms with Gasteiger partial charge in [-0.05, 0) is 97.4 Å². The number of hydrogen-bond acceptors (Lipinski definition) is 4. The van der Waals surface area contributed by atoms with Crippen molar-refractivity contribution < 1.29 is 17.6 Å². The maximum Gasteiger partial charge on any atom is 0.261 e. The molecule has 0 atom stereocenters. The number of benzene rings is 3. The summed E-state index contributed by atoms with van der Waals surface area (Å²) in [5, 5.41) is 5.36. The number of anilines is 2. The maximum atomic E-state index is 12.9. The number of carbonyl (C=O) groups excluding carboxylic acids is 1. The highest BCUT2D eigenvalue weighted by Crippen LogP contribution is 2.20. The molecule has 6 nitrogen and oxygen atoms in total. The predicted molar refractivity (Wildman–Crippen MR) is 133 cm³/mol. The standard InChI is InChI=1S/C24H22FN3O3S2/c1-16-13-17(2)15-21(14-16)28-33(30,31)22-10-8-20(9-11-22)26-24(32)27-23(29)12-5-18-3-6-19(25)7-4-18/h3-15,28H,1-2H3,(H2,26,27,29,32). The van der Waals surface area contributed by atoms with E-state index in [0.29, 0.717) is 16.9 Å². The lowest BCUT2D eigenvalue weighted by molar-refractivity contribution is -0.115. The summed E-state index contributed by atoms with van der Waals surface area (Å²) < 4.78 is 40.8. The SMILES string of the molecule is Cc1cc(C)cc(NS(=O)(=O)c2ccc(NC(=S)NC(=O)C=Cc3ccc(F)cc3)cc2)c1. The van der Waals surface area contributed by atoms with Crippen molar-refractivity contribution in [3.63, 3.8) is 0 Å². The van der Waals surface area contributed by atoms with E-state index in [0.717, 1.165) is 11.1 Å². The first-order valence-corrected chi connectivity index (χ1v) is 11.8.